The van der Waals surface area contributed by atoms with Crippen LogP contribution < -0.4 is 10.6 Å². The Morgan fingerprint density at radius 1 is 0.909 bits per heavy atom. The Morgan fingerprint density at radius 2 is 1.55 bits per heavy atom. The van der Waals surface area contributed by atoms with Crippen molar-refractivity contribution in [1.29, 1.82) is 0 Å². The fraction of sp³-hybridized carbons (Fsp3) is 0.615. The van der Waals surface area contributed by atoms with Crippen LogP contribution in [0.25, 0.3) is 0 Å². The zero-order valence-corrected chi connectivity index (χ0v) is 24.7. The molecular weight excluding hydrogens is 592 g/mol. The Bertz CT molecular complexity index is 1150. The van der Waals surface area contributed by atoms with Crippen LogP contribution in [0.1, 0.15) is 38.1 Å². The summed E-state index contributed by atoms with van der Waals surface area (Å²) in [5.41, 5.74) is 0.167. The summed E-state index contributed by atoms with van der Waals surface area (Å²) in [6, 6.07) is 1.34. The molecule has 18 nitrogen and oxygen atoms in total. The summed E-state index contributed by atoms with van der Waals surface area (Å²) >= 11 is 0. The molecule has 0 bridgehead atoms. The minimum atomic E-state index is -1.23. The van der Waals surface area contributed by atoms with E-state index in [1.165, 1.54) is 19.9 Å². The molecule has 2 heterocycles. The van der Waals surface area contributed by atoms with Gasteiger partial charge < -0.3 is 53.9 Å². The lowest BCUT2D eigenvalue weighted by Gasteiger charge is -2.44. The molecule has 0 saturated carbocycles. The highest BCUT2D eigenvalue weighted by atomic mass is 16.7. The lowest BCUT2D eigenvalue weighted by molar-refractivity contribution is -0.389. The molecule has 3 unspecified atom stereocenters. The van der Waals surface area contributed by atoms with Crippen LogP contribution in [0, 0.1) is 10.1 Å². The third-order valence-corrected chi connectivity index (χ3v) is 5.68. The largest absolute Gasteiger partial charge is 0.463 e. The van der Waals surface area contributed by atoms with Gasteiger partial charge in [-0.05, 0) is 16.0 Å². The van der Waals surface area contributed by atoms with Crippen LogP contribution in [-0.2, 0) is 52.3 Å². The molecule has 244 valence electrons. The van der Waals surface area contributed by atoms with Crippen molar-refractivity contribution in [1.82, 2.24) is 15.6 Å². The highest BCUT2D eigenvalue weighted by Crippen LogP contribution is 2.28. The molecule has 0 aromatic carbocycles. The minimum absolute atomic E-state index is 0.0363. The second-order valence-corrected chi connectivity index (χ2v) is 9.23. The SMILES string of the molecule is CC(=O)NC1C(OC(C)=O)[C@@H](OC(C)=O)C(COC(C)=O)O[C@H]1OCCOCCOCCNC(=O)c1ccc([N+](=O)[O-])nc1. The molecule has 5 atom stereocenters. The Hall–Kier alpha value is -4.26. The summed E-state index contributed by atoms with van der Waals surface area (Å²) in [7, 11) is 0. The number of carbonyl (C=O) groups is 5. The van der Waals surface area contributed by atoms with E-state index in [0.717, 1.165) is 26.1 Å². The van der Waals surface area contributed by atoms with Gasteiger partial charge in [-0.15, -0.1) is 0 Å². The highest BCUT2D eigenvalue weighted by molar-refractivity contribution is 5.93. The van der Waals surface area contributed by atoms with E-state index in [9.17, 15) is 34.1 Å². The minimum Gasteiger partial charge on any atom is -0.463 e. The van der Waals surface area contributed by atoms with Crippen molar-refractivity contribution in [2.75, 3.05) is 46.2 Å². The monoisotopic (exact) mass is 628 g/mol. The zero-order chi connectivity index (χ0) is 32.6. The van der Waals surface area contributed by atoms with E-state index in [1.54, 1.807) is 0 Å². The van der Waals surface area contributed by atoms with Crippen LogP contribution in [0.5, 0.6) is 0 Å². The number of hydrogen-bond acceptors (Lipinski definition) is 15. The average Bonchev–Trinajstić information content (AvgIpc) is 2.95. The van der Waals surface area contributed by atoms with Gasteiger partial charge in [0.15, 0.2) is 24.7 Å². The number of pyridine rings is 1. The van der Waals surface area contributed by atoms with E-state index in [1.807, 2.05) is 0 Å². The first-order chi connectivity index (χ1) is 20.9. The number of amides is 2. The van der Waals surface area contributed by atoms with E-state index in [-0.39, 0.29) is 57.6 Å². The van der Waals surface area contributed by atoms with Crippen molar-refractivity contribution in [3.05, 3.63) is 34.0 Å². The smallest absolute Gasteiger partial charge is 0.363 e. The third kappa shape index (κ3) is 12.5. The molecular formula is C26H36N4O14. The molecule has 2 N–H and O–H groups in total. The number of nitrogens with one attached hydrogen (secondary N) is 2. The van der Waals surface area contributed by atoms with Gasteiger partial charge in [-0.3, -0.25) is 24.0 Å². The summed E-state index contributed by atoms with van der Waals surface area (Å²) in [5.74, 6) is -3.39. The third-order valence-electron chi connectivity index (χ3n) is 5.68. The molecule has 1 fully saturated rings. The number of esters is 3. The van der Waals surface area contributed by atoms with Gasteiger partial charge in [0, 0.05) is 40.3 Å². The molecule has 1 aliphatic rings. The number of hydrogen-bond donors (Lipinski definition) is 2. The summed E-state index contributed by atoms with van der Waals surface area (Å²) in [4.78, 5) is 72.7. The van der Waals surface area contributed by atoms with E-state index >= 15 is 0 Å². The summed E-state index contributed by atoms with van der Waals surface area (Å²) in [6.07, 6.45) is -3.64. The van der Waals surface area contributed by atoms with Crippen molar-refractivity contribution in [3.8, 4) is 0 Å². The first-order valence-electron chi connectivity index (χ1n) is 13.4. The maximum absolute atomic E-state index is 12.1. The van der Waals surface area contributed by atoms with Gasteiger partial charge in [-0.25, -0.2) is 0 Å². The normalized spacial score (nSPS) is 21.0. The Labute approximate surface area is 252 Å². The molecule has 2 amide bonds. The van der Waals surface area contributed by atoms with Gasteiger partial charge in [-0.2, -0.15) is 0 Å². The fourth-order valence-electron chi connectivity index (χ4n) is 3.95. The van der Waals surface area contributed by atoms with Gasteiger partial charge in [0.1, 0.15) is 18.8 Å². The lowest BCUT2D eigenvalue weighted by atomic mass is 9.96. The van der Waals surface area contributed by atoms with Crippen LogP contribution in [0.4, 0.5) is 5.82 Å². The van der Waals surface area contributed by atoms with E-state index in [0.29, 0.717) is 0 Å². The molecule has 44 heavy (non-hydrogen) atoms. The first kappa shape index (κ1) is 35.9. The molecule has 0 radical (unpaired) electrons. The van der Waals surface area contributed by atoms with Gasteiger partial charge >= 0.3 is 23.7 Å². The molecule has 1 aromatic heterocycles. The number of nitrogens with zero attached hydrogens (tertiary/aromatic N) is 2. The van der Waals surface area contributed by atoms with Gasteiger partial charge in [0.25, 0.3) is 5.91 Å². The number of rotatable bonds is 17. The van der Waals surface area contributed by atoms with Crippen molar-refractivity contribution in [3.63, 3.8) is 0 Å². The van der Waals surface area contributed by atoms with Crippen LogP contribution in [0.3, 0.4) is 0 Å². The lowest BCUT2D eigenvalue weighted by Crippen LogP contribution is -2.66. The molecule has 1 saturated heterocycles. The predicted molar refractivity (Wildman–Crippen MR) is 145 cm³/mol. The summed E-state index contributed by atoms with van der Waals surface area (Å²) in [5, 5.41) is 15.8. The molecule has 0 aliphatic carbocycles. The number of aromatic nitrogens is 1. The Kier molecular flexibility index (Phi) is 15.0. The standard InChI is InChI=1S/C26H36N4O14/c1-15(31)29-22-24(43-18(4)34)23(42-17(3)33)20(14-41-16(2)32)44-26(22)40-12-11-39-10-9-38-8-7-27-25(35)19-5-6-21(28-13-19)30(36)37/h5-6,13,20,22-24,26H,7-12,14H2,1-4H3,(H,27,35)(H,29,31)/t20?,22?,23-,24?,26+/m0/s1. The average molecular weight is 629 g/mol. The summed E-state index contributed by atoms with van der Waals surface area (Å²) < 4.78 is 38.3. The first-order valence-corrected chi connectivity index (χ1v) is 13.4. The fourth-order valence-corrected chi connectivity index (χ4v) is 3.95. The highest BCUT2D eigenvalue weighted by Gasteiger charge is 2.51. The van der Waals surface area contributed by atoms with Crippen LogP contribution in [-0.4, -0.2) is 116 Å². The van der Waals surface area contributed by atoms with E-state index in [2.05, 4.69) is 15.6 Å². The molecule has 1 aromatic rings. The van der Waals surface area contributed by atoms with Gasteiger partial charge in [0.05, 0.1) is 38.6 Å². The van der Waals surface area contributed by atoms with Crippen LogP contribution >= 0.6 is 0 Å². The van der Waals surface area contributed by atoms with Crippen LogP contribution in [0.2, 0.25) is 0 Å². The number of ether oxygens (including phenoxy) is 7. The maximum Gasteiger partial charge on any atom is 0.363 e. The maximum atomic E-state index is 12.1. The Balaban J connectivity index is 1.82. The number of nitro groups is 1. The number of carbonyl (C=O) groups excluding carboxylic acids is 5. The van der Waals surface area contributed by atoms with Gasteiger partial charge in [-0.1, -0.05) is 0 Å². The molecule has 18 heteroatoms. The van der Waals surface area contributed by atoms with E-state index in [4.69, 9.17) is 33.2 Å². The Morgan fingerprint density at radius 3 is 2.11 bits per heavy atom. The second kappa shape index (κ2) is 18.4. The van der Waals surface area contributed by atoms with Crippen LogP contribution in [0.15, 0.2) is 18.3 Å². The van der Waals surface area contributed by atoms with Crippen molar-refractivity contribution in [2.45, 2.75) is 58.3 Å². The van der Waals surface area contributed by atoms with E-state index < -0.39 is 65.3 Å². The topological polar surface area (TPSA) is 230 Å². The van der Waals surface area contributed by atoms with Crippen molar-refractivity contribution in [2.24, 2.45) is 0 Å². The van der Waals surface area contributed by atoms with Gasteiger partial charge in [0.2, 0.25) is 5.91 Å². The second-order valence-electron chi connectivity index (χ2n) is 9.23. The molecule has 0 spiro atoms. The van der Waals surface area contributed by atoms with Crippen molar-refractivity contribution < 1.29 is 62.1 Å². The predicted octanol–water partition coefficient (Wildman–Crippen LogP) is -0.574. The zero-order valence-electron chi connectivity index (χ0n) is 24.7. The quantitative estimate of drug-likeness (QED) is 0.0723. The molecule has 1 aliphatic heterocycles. The molecule has 2 rings (SSSR count). The summed E-state index contributed by atoms with van der Waals surface area (Å²) in [6.45, 7) is 5.08. The van der Waals surface area contributed by atoms with Crippen molar-refractivity contribution >= 4 is 35.5 Å².